The smallest absolute Gasteiger partial charge is 0.163 e. The van der Waals surface area contributed by atoms with Crippen LogP contribution in [-0.2, 0) is 7.05 Å². The van der Waals surface area contributed by atoms with Gasteiger partial charge in [0.2, 0.25) is 0 Å². The molecule has 0 aromatic carbocycles. The lowest BCUT2D eigenvalue weighted by Gasteiger charge is -2.18. The largest absolute Gasteiger partial charge is 0.362 e. The molecule has 0 aliphatic carbocycles. The van der Waals surface area contributed by atoms with Gasteiger partial charge in [-0.2, -0.15) is 5.10 Å². The first-order chi connectivity index (χ1) is 10.6. The predicted molar refractivity (Wildman–Crippen MR) is 91.4 cm³/mol. The molecule has 0 aliphatic heterocycles. The Morgan fingerprint density at radius 3 is 2.82 bits per heavy atom. The van der Waals surface area contributed by atoms with Gasteiger partial charge in [0.15, 0.2) is 5.65 Å². The zero-order valence-electron chi connectivity index (χ0n) is 13.4. The van der Waals surface area contributed by atoms with Gasteiger partial charge < -0.3 is 5.32 Å². The highest BCUT2D eigenvalue weighted by Gasteiger charge is 2.18. The lowest BCUT2D eigenvalue weighted by Crippen LogP contribution is -2.11. The number of anilines is 1. The fourth-order valence-corrected chi connectivity index (χ4v) is 3.59. The SMILES string of the molecule is CCC[C@@H](Nc1nc(C)nc2c1c(C)nn2C)c1cccs1. The average Bonchev–Trinajstić information content (AvgIpc) is 3.08. The highest BCUT2D eigenvalue weighted by molar-refractivity contribution is 7.10. The van der Waals surface area contributed by atoms with E-state index in [1.165, 1.54) is 4.88 Å². The summed E-state index contributed by atoms with van der Waals surface area (Å²) in [6.45, 7) is 6.14. The fourth-order valence-electron chi connectivity index (χ4n) is 2.78. The van der Waals surface area contributed by atoms with Gasteiger partial charge in [-0.15, -0.1) is 11.3 Å². The number of thiophene rings is 1. The minimum Gasteiger partial charge on any atom is -0.362 e. The number of aromatic nitrogens is 4. The zero-order valence-corrected chi connectivity index (χ0v) is 14.2. The maximum Gasteiger partial charge on any atom is 0.163 e. The van der Waals surface area contributed by atoms with E-state index in [4.69, 9.17) is 0 Å². The Morgan fingerprint density at radius 2 is 2.14 bits per heavy atom. The van der Waals surface area contributed by atoms with Gasteiger partial charge in [0.25, 0.3) is 0 Å². The summed E-state index contributed by atoms with van der Waals surface area (Å²) in [7, 11) is 1.92. The number of hydrogen-bond acceptors (Lipinski definition) is 5. The van der Waals surface area contributed by atoms with Crippen LogP contribution in [0.5, 0.6) is 0 Å². The molecular weight excluding hydrogens is 294 g/mol. The van der Waals surface area contributed by atoms with Crippen LogP contribution in [0.3, 0.4) is 0 Å². The second kappa shape index (κ2) is 6.04. The van der Waals surface area contributed by atoms with Gasteiger partial charge in [0.05, 0.1) is 17.1 Å². The van der Waals surface area contributed by atoms with Crippen LogP contribution in [0.15, 0.2) is 17.5 Å². The molecule has 22 heavy (non-hydrogen) atoms. The lowest BCUT2D eigenvalue weighted by molar-refractivity contribution is 0.684. The Hall–Kier alpha value is -1.95. The van der Waals surface area contributed by atoms with Crippen molar-refractivity contribution in [3.63, 3.8) is 0 Å². The van der Waals surface area contributed by atoms with Crippen molar-refractivity contribution in [2.24, 2.45) is 7.05 Å². The Kier molecular flexibility index (Phi) is 4.11. The molecule has 6 heteroatoms. The van der Waals surface area contributed by atoms with Crippen molar-refractivity contribution in [1.29, 1.82) is 0 Å². The average molecular weight is 315 g/mol. The highest BCUT2D eigenvalue weighted by atomic mass is 32.1. The summed E-state index contributed by atoms with van der Waals surface area (Å²) >= 11 is 1.78. The third-order valence-electron chi connectivity index (χ3n) is 3.74. The molecule has 0 aliphatic rings. The fraction of sp³-hybridized carbons (Fsp3) is 0.438. The number of nitrogens with zero attached hydrogens (tertiary/aromatic N) is 4. The van der Waals surface area contributed by atoms with E-state index in [0.717, 1.165) is 41.2 Å². The summed E-state index contributed by atoms with van der Waals surface area (Å²) in [5.74, 6) is 1.65. The lowest BCUT2D eigenvalue weighted by atomic mass is 10.1. The molecule has 0 radical (unpaired) electrons. The van der Waals surface area contributed by atoms with Crippen LogP contribution in [0.2, 0.25) is 0 Å². The first kappa shape index (κ1) is 15.0. The van der Waals surface area contributed by atoms with E-state index >= 15 is 0 Å². The van der Waals surface area contributed by atoms with Gasteiger partial charge in [-0.25, -0.2) is 9.97 Å². The molecular formula is C16H21N5S. The van der Waals surface area contributed by atoms with Crippen molar-refractivity contribution in [2.75, 3.05) is 5.32 Å². The molecule has 0 bridgehead atoms. The first-order valence-corrected chi connectivity index (χ1v) is 8.46. The van der Waals surface area contributed by atoms with E-state index in [9.17, 15) is 0 Å². The van der Waals surface area contributed by atoms with Crippen LogP contribution in [0.1, 0.15) is 42.2 Å². The highest BCUT2D eigenvalue weighted by Crippen LogP contribution is 2.30. The van der Waals surface area contributed by atoms with Crippen molar-refractivity contribution in [3.8, 4) is 0 Å². The van der Waals surface area contributed by atoms with E-state index in [1.54, 1.807) is 11.3 Å². The van der Waals surface area contributed by atoms with Gasteiger partial charge in [-0.3, -0.25) is 4.68 Å². The van der Waals surface area contributed by atoms with Crippen LogP contribution in [0, 0.1) is 13.8 Å². The summed E-state index contributed by atoms with van der Waals surface area (Å²) in [6.07, 6.45) is 2.19. The van der Waals surface area contributed by atoms with Crippen molar-refractivity contribution < 1.29 is 0 Å². The molecule has 0 amide bonds. The first-order valence-electron chi connectivity index (χ1n) is 7.58. The van der Waals surface area contributed by atoms with E-state index in [-0.39, 0.29) is 6.04 Å². The maximum atomic E-state index is 4.64. The summed E-state index contributed by atoms with van der Waals surface area (Å²) in [4.78, 5) is 10.5. The Bertz CT molecular complexity index is 776. The number of aryl methyl sites for hydroxylation is 3. The summed E-state index contributed by atoms with van der Waals surface area (Å²) in [6, 6.07) is 4.56. The molecule has 1 atom stereocenters. The standard InChI is InChI=1S/C16H21N5S/c1-5-7-12(13-8-6-9-22-13)19-15-14-10(2)20-21(4)16(14)18-11(3)17-15/h6,8-9,12H,5,7H2,1-4H3,(H,17,18,19)/t12-/m1/s1. The Labute approximate surface area is 134 Å². The Balaban J connectivity index is 2.05. The minimum atomic E-state index is 0.280. The molecule has 3 aromatic rings. The van der Waals surface area contributed by atoms with Crippen LogP contribution >= 0.6 is 11.3 Å². The monoisotopic (exact) mass is 315 g/mol. The molecule has 0 spiro atoms. The summed E-state index contributed by atoms with van der Waals surface area (Å²) in [5.41, 5.74) is 1.84. The molecule has 0 saturated carbocycles. The summed E-state index contributed by atoms with van der Waals surface area (Å²) < 4.78 is 1.82. The molecule has 3 heterocycles. The van der Waals surface area contributed by atoms with E-state index < -0.39 is 0 Å². The van der Waals surface area contributed by atoms with Gasteiger partial charge in [0.1, 0.15) is 11.6 Å². The molecule has 3 rings (SSSR count). The third-order valence-corrected chi connectivity index (χ3v) is 4.73. The molecule has 0 fully saturated rings. The van der Waals surface area contributed by atoms with Crippen molar-refractivity contribution in [2.45, 2.75) is 39.7 Å². The molecule has 3 aromatic heterocycles. The summed E-state index contributed by atoms with van der Waals surface area (Å²) in [5, 5.41) is 11.3. The molecule has 0 saturated heterocycles. The quantitative estimate of drug-likeness (QED) is 0.773. The topological polar surface area (TPSA) is 55.6 Å². The predicted octanol–water partition coefficient (Wildman–Crippen LogP) is 3.99. The molecule has 1 N–H and O–H groups in total. The van der Waals surface area contributed by atoms with Crippen molar-refractivity contribution >= 4 is 28.2 Å². The number of hydrogen-bond donors (Lipinski definition) is 1. The van der Waals surface area contributed by atoms with Gasteiger partial charge >= 0.3 is 0 Å². The zero-order chi connectivity index (χ0) is 15.7. The molecule has 0 unspecified atom stereocenters. The normalized spacial score (nSPS) is 12.7. The van der Waals surface area contributed by atoms with E-state index in [0.29, 0.717) is 0 Å². The van der Waals surface area contributed by atoms with Crippen molar-refractivity contribution in [1.82, 2.24) is 19.7 Å². The number of fused-ring (bicyclic) bond motifs is 1. The molecule has 116 valence electrons. The Morgan fingerprint density at radius 1 is 1.32 bits per heavy atom. The third kappa shape index (κ3) is 2.70. The maximum absolute atomic E-state index is 4.64. The van der Waals surface area contributed by atoms with Crippen molar-refractivity contribution in [3.05, 3.63) is 33.9 Å². The molecule has 5 nitrogen and oxygen atoms in total. The second-order valence-corrected chi connectivity index (χ2v) is 6.51. The van der Waals surface area contributed by atoms with Crippen LogP contribution < -0.4 is 5.32 Å². The van der Waals surface area contributed by atoms with Gasteiger partial charge in [-0.1, -0.05) is 19.4 Å². The van der Waals surface area contributed by atoms with Gasteiger partial charge in [0, 0.05) is 11.9 Å². The second-order valence-electron chi connectivity index (χ2n) is 5.53. The number of nitrogens with one attached hydrogen (secondary N) is 1. The number of rotatable bonds is 5. The van der Waals surface area contributed by atoms with E-state index in [2.05, 4.69) is 44.8 Å². The minimum absolute atomic E-state index is 0.280. The van der Waals surface area contributed by atoms with Gasteiger partial charge in [-0.05, 0) is 31.7 Å². The van der Waals surface area contributed by atoms with E-state index in [1.807, 2.05) is 25.6 Å². The van der Waals surface area contributed by atoms with Crippen LogP contribution in [-0.4, -0.2) is 19.7 Å². The van der Waals surface area contributed by atoms with Crippen LogP contribution in [0.4, 0.5) is 5.82 Å². The van der Waals surface area contributed by atoms with Crippen LogP contribution in [0.25, 0.3) is 11.0 Å².